The molecule has 0 saturated carbocycles. The van der Waals surface area contributed by atoms with Crippen molar-refractivity contribution in [3.8, 4) is 5.69 Å². The van der Waals surface area contributed by atoms with Crippen molar-refractivity contribution in [3.63, 3.8) is 0 Å². The highest BCUT2D eigenvalue weighted by Gasteiger charge is 2.24. The Hall–Kier alpha value is -3.98. The zero-order valence-corrected chi connectivity index (χ0v) is 17.7. The van der Waals surface area contributed by atoms with Gasteiger partial charge in [-0.2, -0.15) is 0 Å². The highest BCUT2D eigenvalue weighted by Crippen LogP contribution is 2.28. The number of para-hydroxylation sites is 1. The van der Waals surface area contributed by atoms with Gasteiger partial charge in [0.2, 0.25) is 0 Å². The highest BCUT2D eigenvalue weighted by atomic mass is 35.5. The molecule has 4 aromatic rings. The first-order valence-electron chi connectivity index (χ1n) is 9.79. The van der Waals surface area contributed by atoms with Crippen molar-refractivity contribution in [1.82, 2.24) is 19.5 Å². The van der Waals surface area contributed by atoms with E-state index in [9.17, 15) is 14.7 Å². The molecule has 0 aliphatic rings. The summed E-state index contributed by atoms with van der Waals surface area (Å²) in [6.07, 6.45) is 1.64. The minimum absolute atomic E-state index is 0.0388. The Bertz CT molecular complexity index is 1370. The number of rotatable bonds is 6. The van der Waals surface area contributed by atoms with Gasteiger partial charge < -0.3 is 16.2 Å². The quantitative estimate of drug-likeness (QED) is 0.404. The van der Waals surface area contributed by atoms with Crippen LogP contribution in [0.3, 0.4) is 0 Å². The van der Waals surface area contributed by atoms with Crippen LogP contribution < -0.4 is 16.6 Å². The first-order chi connectivity index (χ1) is 15.4. The Morgan fingerprint density at radius 1 is 1.19 bits per heavy atom. The van der Waals surface area contributed by atoms with Crippen molar-refractivity contribution in [2.45, 2.75) is 19.4 Å². The molecular weight excluding hydrogens is 432 g/mol. The largest absolute Gasteiger partial charge is 0.477 e. The second-order valence-electron chi connectivity index (χ2n) is 6.97. The van der Waals surface area contributed by atoms with E-state index in [2.05, 4.69) is 15.3 Å². The Morgan fingerprint density at radius 3 is 2.62 bits per heavy atom. The van der Waals surface area contributed by atoms with Gasteiger partial charge in [-0.25, -0.2) is 19.7 Å². The fourth-order valence-corrected chi connectivity index (χ4v) is 3.75. The summed E-state index contributed by atoms with van der Waals surface area (Å²) in [5, 5.41) is 13.3. The third kappa shape index (κ3) is 3.74. The van der Waals surface area contributed by atoms with E-state index in [1.807, 2.05) is 25.1 Å². The zero-order valence-electron chi connectivity index (χ0n) is 17.0. The number of aromatic nitrogens is 4. The number of aromatic carboxylic acids is 1. The molecule has 10 heteroatoms. The van der Waals surface area contributed by atoms with E-state index < -0.39 is 12.0 Å². The smallest absolute Gasteiger partial charge is 0.343 e. The van der Waals surface area contributed by atoms with E-state index in [1.165, 1.54) is 10.9 Å². The topological polar surface area (TPSA) is 136 Å². The van der Waals surface area contributed by atoms with Crippen molar-refractivity contribution in [1.29, 1.82) is 0 Å². The molecule has 1 unspecified atom stereocenters. The van der Waals surface area contributed by atoms with Gasteiger partial charge in [-0.3, -0.25) is 9.36 Å². The maximum Gasteiger partial charge on any atom is 0.343 e. The predicted octanol–water partition coefficient (Wildman–Crippen LogP) is 3.67. The third-order valence-corrected chi connectivity index (χ3v) is 5.32. The first-order valence-corrected chi connectivity index (χ1v) is 10.2. The molecule has 162 valence electrons. The lowest BCUT2D eigenvalue weighted by Gasteiger charge is -2.23. The van der Waals surface area contributed by atoms with E-state index in [0.717, 1.165) is 0 Å². The van der Waals surface area contributed by atoms with E-state index in [4.69, 9.17) is 22.3 Å². The summed E-state index contributed by atoms with van der Waals surface area (Å²) in [4.78, 5) is 37.8. The summed E-state index contributed by atoms with van der Waals surface area (Å²) in [5.74, 6) is -1.01. The highest BCUT2D eigenvalue weighted by molar-refractivity contribution is 6.35. The minimum Gasteiger partial charge on any atom is -0.477 e. The molecule has 4 N–H and O–H groups in total. The lowest BCUT2D eigenvalue weighted by molar-refractivity contribution is 0.0698. The van der Waals surface area contributed by atoms with Gasteiger partial charge in [0.05, 0.1) is 27.7 Å². The van der Waals surface area contributed by atoms with Crippen molar-refractivity contribution in [2.75, 3.05) is 11.1 Å². The average Bonchev–Trinajstić information content (AvgIpc) is 2.77. The molecule has 2 heterocycles. The van der Waals surface area contributed by atoms with E-state index >= 15 is 0 Å². The van der Waals surface area contributed by atoms with Gasteiger partial charge in [0, 0.05) is 0 Å². The minimum atomic E-state index is -1.26. The number of hydrogen-bond acceptors (Lipinski definition) is 7. The van der Waals surface area contributed by atoms with E-state index in [1.54, 1.807) is 30.3 Å². The molecule has 1 atom stereocenters. The fourth-order valence-electron chi connectivity index (χ4n) is 3.50. The number of halogens is 1. The van der Waals surface area contributed by atoms with Crippen molar-refractivity contribution in [3.05, 3.63) is 81.6 Å². The number of nitrogen functional groups attached to an aromatic ring is 1. The number of carboxylic acid groups (broad SMARTS) is 1. The number of anilines is 2. The SMILES string of the molecule is CCC(Nc1ncnc(N)c1C(=O)O)c1nc2cccc(Cl)c2c(=O)n1-c1ccccc1. The van der Waals surface area contributed by atoms with E-state index in [0.29, 0.717) is 33.9 Å². The van der Waals surface area contributed by atoms with Crippen LogP contribution in [0, 0.1) is 0 Å². The molecule has 0 bridgehead atoms. The number of benzene rings is 2. The average molecular weight is 451 g/mol. The number of hydrogen-bond donors (Lipinski definition) is 3. The Kier molecular flexibility index (Phi) is 5.74. The predicted molar refractivity (Wildman–Crippen MR) is 122 cm³/mol. The normalized spacial score (nSPS) is 11.9. The van der Waals surface area contributed by atoms with Crippen molar-refractivity contribution >= 4 is 40.1 Å². The molecule has 0 fully saturated rings. The molecule has 4 rings (SSSR count). The van der Waals surface area contributed by atoms with Crippen molar-refractivity contribution in [2.24, 2.45) is 0 Å². The van der Waals surface area contributed by atoms with Crippen LogP contribution >= 0.6 is 11.6 Å². The Morgan fingerprint density at radius 2 is 1.94 bits per heavy atom. The molecule has 0 aliphatic carbocycles. The summed E-state index contributed by atoms with van der Waals surface area (Å²) < 4.78 is 1.47. The number of nitrogens with one attached hydrogen (secondary N) is 1. The number of nitrogens with two attached hydrogens (primary N) is 1. The third-order valence-electron chi connectivity index (χ3n) is 5.01. The standard InChI is InChI=1S/C22H19ClN6O3/c1-2-14(27-19-17(22(31)32)18(24)25-11-26-19)20-28-15-10-6-9-13(23)16(15)21(30)29(20)12-7-4-3-5-8-12/h3-11,14H,2H2,1H3,(H,31,32)(H3,24,25,26,27). The lowest BCUT2D eigenvalue weighted by Crippen LogP contribution is -2.29. The molecular formula is C22H19ClN6O3. The summed E-state index contributed by atoms with van der Waals surface area (Å²) in [6.45, 7) is 1.88. The summed E-state index contributed by atoms with van der Waals surface area (Å²) >= 11 is 6.33. The van der Waals surface area contributed by atoms with Crippen LogP contribution in [0.4, 0.5) is 11.6 Å². The molecule has 0 saturated heterocycles. The van der Waals surface area contributed by atoms with Crippen LogP contribution in [0.15, 0.2) is 59.7 Å². The van der Waals surface area contributed by atoms with Crippen molar-refractivity contribution < 1.29 is 9.90 Å². The van der Waals surface area contributed by atoms with Gasteiger partial charge in [-0.05, 0) is 30.7 Å². The molecule has 0 amide bonds. The van der Waals surface area contributed by atoms with Gasteiger partial charge in [0.25, 0.3) is 5.56 Å². The number of nitrogens with zero attached hydrogens (tertiary/aromatic N) is 4. The number of fused-ring (bicyclic) bond motifs is 1. The van der Waals surface area contributed by atoms with Crippen LogP contribution in [0.25, 0.3) is 16.6 Å². The van der Waals surface area contributed by atoms with Crippen LogP contribution in [0.2, 0.25) is 5.02 Å². The summed E-state index contributed by atoms with van der Waals surface area (Å²) in [7, 11) is 0. The fraction of sp³-hybridized carbons (Fsp3) is 0.136. The van der Waals surface area contributed by atoms with Crippen LogP contribution in [-0.2, 0) is 0 Å². The molecule has 2 aromatic heterocycles. The van der Waals surface area contributed by atoms with Crippen LogP contribution in [-0.4, -0.2) is 30.6 Å². The Balaban J connectivity index is 1.96. The summed E-state index contributed by atoms with van der Waals surface area (Å²) in [6, 6.07) is 13.5. The van der Waals surface area contributed by atoms with Gasteiger partial charge in [-0.1, -0.05) is 42.8 Å². The molecule has 2 aromatic carbocycles. The lowest BCUT2D eigenvalue weighted by atomic mass is 10.1. The number of carbonyl (C=O) groups is 1. The first kappa shape index (κ1) is 21.3. The van der Waals surface area contributed by atoms with Gasteiger partial charge >= 0.3 is 5.97 Å². The maximum absolute atomic E-state index is 13.5. The molecule has 0 radical (unpaired) electrons. The molecule has 32 heavy (non-hydrogen) atoms. The van der Waals surface area contributed by atoms with E-state index in [-0.39, 0.29) is 22.8 Å². The molecule has 0 spiro atoms. The zero-order chi connectivity index (χ0) is 22.8. The van der Waals surface area contributed by atoms with Crippen LogP contribution in [0.5, 0.6) is 0 Å². The maximum atomic E-state index is 13.5. The number of carboxylic acids is 1. The Labute approximate surface area is 187 Å². The summed E-state index contributed by atoms with van der Waals surface area (Å²) in [5.41, 5.74) is 6.21. The second-order valence-corrected chi connectivity index (χ2v) is 7.38. The second kappa shape index (κ2) is 8.64. The van der Waals surface area contributed by atoms with Gasteiger partial charge in [0.1, 0.15) is 29.4 Å². The molecule has 0 aliphatic heterocycles. The van der Waals surface area contributed by atoms with Crippen LogP contribution in [0.1, 0.15) is 35.6 Å². The molecule has 9 nitrogen and oxygen atoms in total. The van der Waals surface area contributed by atoms with Gasteiger partial charge in [0.15, 0.2) is 0 Å². The van der Waals surface area contributed by atoms with Gasteiger partial charge in [-0.15, -0.1) is 0 Å². The monoisotopic (exact) mass is 450 g/mol.